The fourth-order valence-corrected chi connectivity index (χ4v) is 2.71. The summed E-state index contributed by atoms with van der Waals surface area (Å²) in [5.74, 6) is -2.19. The first kappa shape index (κ1) is 23.0. The molecule has 1 fully saturated rings. The molecule has 1 unspecified atom stereocenters. The van der Waals surface area contributed by atoms with Gasteiger partial charge in [0.1, 0.15) is 17.8 Å². The zero-order valence-corrected chi connectivity index (χ0v) is 16.6. The van der Waals surface area contributed by atoms with Crippen LogP contribution in [0.2, 0.25) is 0 Å². The van der Waals surface area contributed by atoms with Crippen LogP contribution in [-0.4, -0.2) is 47.2 Å². The first-order chi connectivity index (χ1) is 13.6. The molecule has 1 heterocycles. The number of amides is 6. The van der Waals surface area contributed by atoms with Gasteiger partial charge in [0.05, 0.1) is 0 Å². The number of alkyl halides is 3. The summed E-state index contributed by atoms with van der Waals surface area (Å²) >= 11 is 0. The van der Waals surface area contributed by atoms with Gasteiger partial charge in [-0.2, -0.15) is 0 Å². The Labute approximate surface area is 169 Å². The SMILES string of the molecule is CC(C)(C)NC(=O)NC(=O)CN1C(=O)NC(C)(c2ccc(OC(F)(F)F)cc2)C1=O. The molecule has 1 aliphatic heterocycles. The van der Waals surface area contributed by atoms with E-state index in [9.17, 15) is 32.3 Å². The average Bonchev–Trinajstić information content (AvgIpc) is 2.76. The fraction of sp³-hybridized carbons (Fsp3) is 0.444. The van der Waals surface area contributed by atoms with Crippen LogP contribution < -0.4 is 20.7 Å². The van der Waals surface area contributed by atoms with Crippen molar-refractivity contribution in [2.75, 3.05) is 6.54 Å². The second-order valence-electron chi connectivity index (χ2n) is 7.77. The first-order valence-corrected chi connectivity index (χ1v) is 8.73. The monoisotopic (exact) mass is 430 g/mol. The van der Waals surface area contributed by atoms with Crippen LogP contribution in [0.4, 0.5) is 22.8 Å². The number of ether oxygens (including phenoxy) is 1. The van der Waals surface area contributed by atoms with Gasteiger partial charge in [0.2, 0.25) is 5.91 Å². The van der Waals surface area contributed by atoms with Crippen LogP contribution in [-0.2, 0) is 15.1 Å². The third-order valence-electron chi connectivity index (χ3n) is 3.98. The van der Waals surface area contributed by atoms with Crippen molar-refractivity contribution in [3.63, 3.8) is 0 Å². The van der Waals surface area contributed by atoms with Gasteiger partial charge in [-0.3, -0.25) is 19.8 Å². The van der Waals surface area contributed by atoms with E-state index >= 15 is 0 Å². The summed E-state index contributed by atoms with van der Waals surface area (Å²) in [6.07, 6.45) is -4.87. The predicted molar refractivity (Wildman–Crippen MR) is 97.1 cm³/mol. The maximum Gasteiger partial charge on any atom is 0.573 e. The number of benzene rings is 1. The molecule has 9 nitrogen and oxygen atoms in total. The molecule has 164 valence electrons. The normalized spacial score (nSPS) is 19.4. The van der Waals surface area contributed by atoms with Crippen molar-refractivity contribution >= 4 is 23.9 Å². The third kappa shape index (κ3) is 5.61. The molecule has 2 rings (SSSR count). The number of hydrogen-bond acceptors (Lipinski definition) is 5. The molecule has 6 amide bonds. The minimum atomic E-state index is -4.87. The van der Waals surface area contributed by atoms with Crippen molar-refractivity contribution in [3.05, 3.63) is 29.8 Å². The number of nitrogens with zero attached hydrogens (tertiary/aromatic N) is 1. The third-order valence-corrected chi connectivity index (χ3v) is 3.98. The molecule has 1 aliphatic rings. The number of nitrogens with one attached hydrogen (secondary N) is 3. The van der Waals surface area contributed by atoms with Crippen molar-refractivity contribution in [1.29, 1.82) is 0 Å². The number of carbonyl (C=O) groups excluding carboxylic acids is 4. The van der Waals surface area contributed by atoms with Crippen LogP contribution in [0, 0.1) is 0 Å². The standard InChI is InChI=1S/C18H21F3N4O5/c1-16(2,3)23-14(28)22-12(26)9-25-13(27)17(4,24-15(25)29)10-5-7-11(8-6-10)30-18(19,20)21/h5-8H,9H2,1-4H3,(H,24,29)(H2,22,23,26,28). The number of carbonyl (C=O) groups is 4. The van der Waals surface area contributed by atoms with Gasteiger partial charge in [-0.1, -0.05) is 12.1 Å². The van der Waals surface area contributed by atoms with E-state index in [-0.39, 0.29) is 5.56 Å². The van der Waals surface area contributed by atoms with Crippen LogP contribution in [0.1, 0.15) is 33.3 Å². The van der Waals surface area contributed by atoms with Gasteiger partial charge in [0, 0.05) is 5.54 Å². The molecule has 3 N–H and O–H groups in total. The number of rotatable bonds is 4. The number of hydrogen-bond donors (Lipinski definition) is 3. The molecule has 12 heteroatoms. The Bertz CT molecular complexity index is 864. The molecule has 0 aliphatic carbocycles. The number of urea groups is 2. The summed E-state index contributed by atoms with van der Waals surface area (Å²) in [7, 11) is 0. The summed E-state index contributed by atoms with van der Waals surface area (Å²) in [5, 5.41) is 6.91. The van der Waals surface area contributed by atoms with E-state index in [1.165, 1.54) is 19.1 Å². The van der Waals surface area contributed by atoms with Crippen LogP contribution >= 0.6 is 0 Å². The van der Waals surface area contributed by atoms with Crippen LogP contribution in [0.15, 0.2) is 24.3 Å². The van der Waals surface area contributed by atoms with Crippen molar-refractivity contribution in [3.8, 4) is 5.75 Å². The lowest BCUT2D eigenvalue weighted by Gasteiger charge is -2.23. The zero-order valence-electron chi connectivity index (χ0n) is 16.6. The van der Waals surface area contributed by atoms with E-state index in [0.717, 1.165) is 12.1 Å². The van der Waals surface area contributed by atoms with E-state index in [2.05, 4.69) is 15.4 Å². The highest BCUT2D eigenvalue weighted by Crippen LogP contribution is 2.31. The lowest BCUT2D eigenvalue weighted by Crippen LogP contribution is -2.51. The molecule has 1 saturated heterocycles. The lowest BCUT2D eigenvalue weighted by atomic mass is 9.92. The molecule has 30 heavy (non-hydrogen) atoms. The van der Waals surface area contributed by atoms with Gasteiger partial charge in [0.25, 0.3) is 5.91 Å². The van der Waals surface area contributed by atoms with Crippen molar-refractivity contribution in [1.82, 2.24) is 20.9 Å². The highest BCUT2D eigenvalue weighted by atomic mass is 19.4. The largest absolute Gasteiger partial charge is 0.573 e. The molecule has 1 aromatic carbocycles. The first-order valence-electron chi connectivity index (χ1n) is 8.73. The predicted octanol–water partition coefficient (Wildman–Crippen LogP) is 1.98. The Morgan fingerprint density at radius 1 is 1.13 bits per heavy atom. The summed E-state index contributed by atoms with van der Waals surface area (Å²) in [5.41, 5.74) is -2.03. The molecule has 0 aromatic heterocycles. The van der Waals surface area contributed by atoms with E-state index in [4.69, 9.17) is 0 Å². The number of halogens is 3. The second kappa shape index (κ2) is 7.84. The van der Waals surface area contributed by atoms with Gasteiger partial charge in [0.15, 0.2) is 0 Å². The molecule has 1 aromatic rings. The van der Waals surface area contributed by atoms with Crippen molar-refractivity contribution < 1.29 is 37.1 Å². The van der Waals surface area contributed by atoms with Gasteiger partial charge < -0.3 is 15.4 Å². The van der Waals surface area contributed by atoms with Gasteiger partial charge in [-0.15, -0.1) is 13.2 Å². The summed E-state index contributed by atoms with van der Waals surface area (Å²) in [6, 6.07) is 2.71. The molecule has 1 atom stereocenters. The molecule has 0 saturated carbocycles. The zero-order chi connectivity index (χ0) is 22.9. The Morgan fingerprint density at radius 2 is 1.70 bits per heavy atom. The molecular weight excluding hydrogens is 409 g/mol. The van der Waals surface area contributed by atoms with E-state index in [1.807, 2.05) is 5.32 Å². The average molecular weight is 430 g/mol. The topological polar surface area (TPSA) is 117 Å². The Hall–Kier alpha value is -3.31. The quantitative estimate of drug-likeness (QED) is 0.632. The van der Waals surface area contributed by atoms with Crippen LogP contribution in [0.5, 0.6) is 5.75 Å². The maximum absolute atomic E-state index is 12.8. The van der Waals surface area contributed by atoms with Crippen molar-refractivity contribution in [2.24, 2.45) is 0 Å². The Balaban J connectivity index is 2.09. The van der Waals surface area contributed by atoms with Crippen LogP contribution in [0.3, 0.4) is 0 Å². The lowest BCUT2D eigenvalue weighted by molar-refractivity contribution is -0.274. The Kier molecular flexibility index (Phi) is 6.00. The summed E-state index contributed by atoms with van der Waals surface area (Å²) in [4.78, 5) is 49.4. The molecule has 0 bridgehead atoms. The van der Waals surface area contributed by atoms with Crippen molar-refractivity contribution in [2.45, 2.75) is 45.1 Å². The number of imide groups is 2. The highest BCUT2D eigenvalue weighted by molar-refractivity contribution is 6.10. The molecule has 0 spiro atoms. The van der Waals surface area contributed by atoms with Gasteiger partial charge in [-0.25, -0.2) is 9.59 Å². The molecular formula is C18H21F3N4O5. The summed E-state index contributed by atoms with van der Waals surface area (Å²) in [6.45, 7) is 5.73. The highest BCUT2D eigenvalue weighted by Gasteiger charge is 2.49. The van der Waals surface area contributed by atoms with Gasteiger partial charge >= 0.3 is 18.4 Å². The summed E-state index contributed by atoms with van der Waals surface area (Å²) < 4.78 is 40.6. The van der Waals surface area contributed by atoms with E-state index in [1.54, 1.807) is 20.8 Å². The fourth-order valence-electron chi connectivity index (χ4n) is 2.71. The van der Waals surface area contributed by atoms with Gasteiger partial charge in [-0.05, 0) is 45.4 Å². The minimum absolute atomic E-state index is 0.184. The molecule has 0 radical (unpaired) electrons. The maximum atomic E-state index is 12.8. The Morgan fingerprint density at radius 3 is 2.20 bits per heavy atom. The minimum Gasteiger partial charge on any atom is -0.406 e. The smallest absolute Gasteiger partial charge is 0.406 e. The van der Waals surface area contributed by atoms with Crippen LogP contribution in [0.25, 0.3) is 0 Å². The van der Waals surface area contributed by atoms with E-state index < -0.39 is 53.6 Å². The van der Waals surface area contributed by atoms with E-state index in [0.29, 0.717) is 4.90 Å². The second-order valence-corrected chi connectivity index (χ2v) is 7.77.